The lowest BCUT2D eigenvalue weighted by atomic mass is 9.42. The van der Waals surface area contributed by atoms with Crippen LogP contribution in [0.15, 0.2) is 0 Å². The van der Waals surface area contributed by atoms with Crippen molar-refractivity contribution in [1.82, 2.24) is 0 Å². The van der Waals surface area contributed by atoms with Crippen LogP contribution in [0.5, 0.6) is 0 Å². The number of carbonyl (C=O) groups is 3. The van der Waals surface area contributed by atoms with Gasteiger partial charge in [0, 0.05) is 38.0 Å². The predicted octanol–water partition coefficient (Wildman–Crippen LogP) is 5.34. The van der Waals surface area contributed by atoms with Crippen LogP contribution >= 0.6 is 0 Å². The molecule has 0 bridgehead atoms. The highest BCUT2D eigenvalue weighted by atomic mass is 16.6. The summed E-state index contributed by atoms with van der Waals surface area (Å²) >= 11 is 0. The van der Waals surface area contributed by atoms with Gasteiger partial charge in [-0.15, -0.1) is 0 Å². The highest BCUT2D eigenvalue weighted by Crippen LogP contribution is 2.69. The molecule has 5 nitrogen and oxygen atoms in total. The zero-order valence-electron chi connectivity index (χ0n) is 20.8. The van der Waals surface area contributed by atoms with Gasteiger partial charge in [-0.1, -0.05) is 27.7 Å². The Bertz CT molecular complexity index is 776. The number of rotatable bonds is 4. The van der Waals surface area contributed by atoms with E-state index in [0.29, 0.717) is 41.8 Å². The minimum Gasteiger partial charge on any atom is -0.462 e. The van der Waals surface area contributed by atoms with Gasteiger partial charge in [0.15, 0.2) is 0 Å². The molecule has 4 saturated carbocycles. The van der Waals surface area contributed by atoms with E-state index in [1.807, 2.05) is 0 Å². The highest BCUT2D eigenvalue weighted by Gasteiger charge is 2.65. The van der Waals surface area contributed by atoms with E-state index in [0.717, 1.165) is 44.9 Å². The summed E-state index contributed by atoms with van der Waals surface area (Å²) in [6, 6.07) is 0. The molecule has 0 amide bonds. The van der Waals surface area contributed by atoms with Gasteiger partial charge in [0.1, 0.15) is 18.0 Å². The number of Topliss-reactive ketones (excluding diaryl/α,β-unsaturated/α-hetero) is 1. The first kappa shape index (κ1) is 23.8. The molecule has 0 N–H and O–H groups in total. The Morgan fingerprint density at radius 1 is 1.09 bits per heavy atom. The first-order valence-electron chi connectivity index (χ1n) is 12.9. The van der Waals surface area contributed by atoms with Gasteiger partial charge in [-0.05, 0) is 73.5 Å². The molecule has 10 atom stereocenters. The Morgan fingerprint density at radius 3 is 2.44 bits per heavy atom. The molecule has 0 heterocycles. The monoisotopic (exact) mass is 446 g/mol. The quantitative estimate of drug-likeness (QED) is 0.545. The third-order valence-electron chi connectivity index (χ3n) is 10.5. The van der Waals surface area contributed by atoms with Crippen LogP contribution in [-0.4, -0.2) is 29.9 Å². The van der Waals surface area contributed by atoms with Crippen molar-refractivity contribution in [3.63, 3.8) is 0 Å². The average Bonchev–Trinajstić information content (AvgIpc) is 2.99. The van der Waals surface area contributed by atoms with Gasteiger partial charge >= 0.3 is 11.9 Å². The minimum absolute atomic E-state index is 0.0814. The molecular formula is C27H42O5. The molecule has 0 saturated heterocycles. The Kier molecular flexibility index (Phi) is 6.26. The van der Waals surface area contributed by atoms with Gasteiger partial charge in [0.05, 0.1) is 0 Å². The molecule has 0 aromatic carbocycles. The summed E-state index contributed by atoms with van der Waals surface area (Å²) in [5.74, 6) is 2.59. The molecule has 0 aromatic heterocycles. The molecule has 5 heteroatoms. The van der Waals surface area contributed by atoms with E-state index in [2.05, 4.69) is 27.7 Å². The second-order valence-corrected chi connectivity index (χ2v) is 11.9. The number of ketones is 1. The molecule has 0 spiro atoms. The number of hydrogen-bond acceptors (Lipinski definition) is 5. The van der Waals surface area contributed by atoms with Gasteiger partial charge in [0.25, 0.3) is 0 Å². The number of fused-ring (bicyclic) bond motifs is 5. The summed E-state index contributed by atoms with van der Waals surface area (Å²) in [5, 5.41) is 0. The summed E-state index contributed by atoms with van der Waals surface area (Å²) in [6.07, 6.45) is 7.18. The smallest absolute Gasteiger partial charge is 0.302 e. The maximum Gasteiger partial charge on any atom is 0.302 e. The van der Waals surface area contributed by atoms with Crippen molar-refractivity contribution in [3.8, 4) is 0 Å². The molecule has 4 rings (SSSR count). The van der Waals surface area contributed by atoms with E-state index in [1.165, 1.54) is 13.8 Å². The van der Waals surface area contributed by atoms with E-state index in [1.54, 1.807) is 0 Å². The Morgan fingerprint density at radius 2 is 1.81 bits per heavy atom. The fraction of sp³-hybridized carbons (Fsp3) is 0.889. The van der Waals surface area contributed by atoms with Gasteiger partial charge in [-0.25, -0.2) is 0 Å². The van der Waals surface area contributed by atoms with Crippen LogP contribution in [0, 0.1) is 46.3 Å². The normalized spacial score (nSPS) is 46.4. The molecule has 32 heavy (non-hydrogen) atoms. The maximum atomic E-state index is 12.4. The van der Waals surface area contributed by atoms with Crippen molar-refractivity contribution in [2.75, 3.05) is 0 Å². The molecular weight excluding hydrogens is 404 g/mol. The summed E-state index contributed by atoms with van der Waals surface area (Å²) in [5.41, 5.74) is 0.105. The van der Waals surface area contributed by atoms with Crippen LogP contribution in [-0.2, 0) is 23.9 Å². The third kappa shape index (κ3) is 3.62. The van der Waals surface area contributed by atoms with Crippen molar-refractivity contribution >= 4 is 17.7 Å². The molecule has 0 aliphatic heterocycles. The SMILES string of the molecule is CC[C@H](OC(C)=O)[C@H]1C[C@H](OC(C)=O)[C@@]2(C)CC[C@H]3[C@@H](CC[C@H]4CC(=O)C[C@H](C)[C@@]43C)[C@H]12. The third-order valence-corrected chi connectivity index (χ3v) is 10.5. The zero-order valence-corrected chi connectivity index (χ0v) is 20.8. The molecule has 4 aliphatic carbocycles. The van der Waals surface area contributed by atoms with Crippen molar-refractivity contribution in [2.24, 2.45) is 46.3 Å². The van der Waals surface area contributed by atoms with Crippen molar-refractivity contribution in [1.29, 1.82) is 0 Å². The largest absolute Gasteiger partial charge is 0.462 e. The first-order valence-corrected chi connectivity index (χ1v) is 12.9. The van der Waals surface area contributed by atoms with Gasteiger partial charge in [-0.2, -0.15) is 0 Å². The number of carbonyl (C=O) groups excluding carboxylic acids is 3. The fourth-order valence-corrected chi connectivity index (χ4v) is 9.05. The second-order valence-electron chi connectivity index (χ2n) is 11.9. The van der Waals surface area contributed by atoms with E-state index >= 15 is 0 Å². The zero-order chi connectivity index (χ0) is 23.4. The standard InChI is InChI=1S/C27H42O5/c1-7-23(31-16(3)28)21-14-24(32-17(4)29)26(5)11-10-22-20(25(21)26)9-8-18-13-19(30)12-15(2)27(18,22)6/h15,18,20-25H,7-14H2,1-6H3/t15-,18-,20+,21+,22-,23-,24-,25+,26+,27-/m0/s1. The maximum absolute atomic E-state index is 12.4. The Hall–Kier alpha value is -1.39. The van der Waals surface area contributed by atoms with Gasteiger partial charge in [-0.3, -0.25) is 14.4 Å². The van der Waals surface area contributed by atoms with Crippen LogP contribution in [0.3, 0.4) is 0 Å². The molecule has 0 aromatic rings. The second kappa shape index (κ2) is 8.43. The van der Waals surface area contributed by atoms with Gasteiger partial charge in [0.2, 0.25) is 0 Å². The number of hydrogen-bond donors (Lipinski definition) is 0. The molecule has 180 valence electrons. The predicted molar refractivity (Wildman–Crippen MR) is 122 cm³/mol. The van der Waals surface area contributed by atoms with E-state index < -0.39 is 0 Å². The van der Waals surface area contributed by atoms with E-state index in [4.69, 9.17) is 9.47 Å². The highest BCUT2D eigenvalue weighted by molar-refractivity contribution is 5.80. The van der Waals surface area contributed by atoms with Crippen molar-refractivity contribution in [3.05, 3.63) is 0 Å². The van der Waals surface area contributed by atoms with Gasteiger partial charge < -0.3 is 9.47 Å². The Labute approximate surface area is 193 Å². The topological polar surface area (TPSA) is 69.7 Å². The summed E-state index contributed by atoms with van der Waals surface area (Å²) < 4.78 is 11.8. The van der Waals surface area contributed by atoms with E-state index in [9.17, 15) is 14.4 Å². The lowest BCUT2D eigenvalue weighted by molar-refractivity contribution is -0.172. The Balaban J connectivity index is 1.72. The van der Waals surface area contributed by atoms with Crippen LogP contribution in [0.4, 0.5) is 0 Å². The molecule has 4 fully saturated rings. The first-order chi connectivity index (χ1) is 15.0. The molecule has 0 radical (unpaired) electrons. The summed E-state index contributed by atoms with van der Waals surface area (Å²) in [7, 11) is 0. The van der Waals surface area contributed by atoms with Crippen LogP contribution in [0.2, 0.25) is 0 Å². The van der Waals surface area contributed by atoms with Crippen molar-refractivity contribution in [2.45, 2.75) is 105 Å². The lowest BCUT2D eigenvalue weighted by Crippen LogP contribution is -2.58. The van der Waals surface area contributed by atoms with Crippen LogP contribution in [0.25, 0.3) is 0 Å². The van der Waals surface area contributed by atoms with Crippen LogP contribution < -0.4 is 0 Å². The lowest BCUT2D eigenvalue weighted by Gasteiger charge is -2.62. The van der Waals surface area contributed by atoms with Crippen LogP contribution in [0.1, 0.15) is 92.9 Å². The minimum atomic E-state index is -0.225. The number of esters is 2. The number of ether oxygens (including phenoxy) is 2. The molecule has 0 unspecified atom stereocenters. The summed E-state index contributed by atoms with van der Waals surface area (Å²) in [4.78, 5) is 36.3. The fourth-order valence-electron chi connectivity index (χ4n) is 9.05. The van der Waals surface area contributed by atoms with E-state index in [-0.39, 0.29) is 40.9 Å². The summed E-state index contributed by atoms with van der Waals surface area (Å²) in [6.45, 7) is 12.2. The van der Waals surface area contributed by atoms with Crippen molar-refractivity contribution < 1.29 is 23.9 Å². The molecule has 4 aliphatic rings. The average molecular weight is 447 g/mol.